The minimum absolute atomic E-state index is 0.0872. The summed E-state index contributed by atoms with van der Waals surface area (Å²) in [5, 5.41) is 12.6. The number of rotatable bonds is 7. The topological polar surface area (TPSA) is 41.5 Å². The first-order valence-corrected chi connectivity index (χ1v) is 6.85. The van der Waals surface area contributed by atoms with Crippen molar-refractivity contribution in [2.75, 3.05) is 13.2 Å². The van der Waals surface area contributed by atoms with Crippen molar-refractivity contribution in [2.24, 2.45) is 0 Å². The highest BCUT2D eigenvalue weighted by molar-refractivity contribution is 5.35. The second kappa shape index (κ2) is 7.13. The smallest absolute Gasteiger partial charge is 0.419 e. The molecule has 3 nitrogen and oxygen atoms in total. The Morgan fingerprint density at radius 1 is 1.24 bits per heavy atom. The van der Waals surface area contributed by atoms with Gasteiger partial charge < -0.3 is 15.2 Å². The summed E-state index contributed by atoms with van der Waals surface area (Å²) in [7, 11) is 0. The molecule has 1 atom stereocenters. The summed E-state index contributed by atoms with van der Waals surface area (Å²) in [4.78, 5) is 0. The first-order chi connectivity index (χ1) is 9.68. The van der Waals surface area contributed by atoms with E-state index in [1.54, 1.807) is 0 Å². The van der Waals surface area contributed by atoms with E-state index in [2.05, 4.69) is 5.32 Å². The van der Waals surface area contributed by atoms with E-state index in [0.29, 0.717) is 6.42 Å². The van der Waals surface area contributed by atoms with Crippen molar-refractivity contribution in [3.8, 4) is 5.75 Å². The molecule has 0 fully saturated rings. The lowest BCUT2D eigenvalue weighted by molar-refractivity contribution is -0.139. The predicted molar refractivity (Wildman–Crippen MR) is 75.3 cm³/mol. The molecule has 0 bridgehead atoms. The Bertz CT molecular complexity index is 449. The van der Waals surface area contributed by atoms with Gasteiger partial charge in [0.05, 0.1) is 18.8 Å². The first kappa shape index (κ1) is 17.8. The number of ether oxygens (including phenoxy) is 1. The van der Waals surface area contributed by atoms with Crippen molar-refractivity contribution in [1.82, 2.24) is 5.32 Å². The van der Waals surface area contributed by atoms with Gasteiger partial charge in [0, 0.05) is 18.0 Å². The molecule has 1 aromatic carbocycles. The van der Waals surface area contributed by atoms with Crippen LogP contribution in [-0.4, -0.2) is 29.9 Å². The van der Waals surface area contributed by atoms with Gasteiger partial charge in [0.15, 0.2) is 0 Å². The standard InChI is InChI=1S/C15H22F3NO2/c1-11(2)19-14(3,10-20)8-9-21-13-7-5-4-6-12(13)15(16,17)18/h4-7,11,19-20H,8-10H2,1-3H3. The third-order valence-corrected chi connectivity index (χ3v) is 3.09. The van der Waals surface area contributed by atoms with Crippen LogP contribution in [-0.2, 0) is 6.18 Å². The third kappa shape index (κ3) is 5.55. The van der Waals surface area contributed by atoms with E-state index in [1.807, 2.05) is 20.8 Å². The largest absolute Gasteiger partial charge is 0.493 e. The van der Waals surface area contributed by atoms with Gasteiger partial charge in [-0.25, -0.2) is 0 Å². The molecule has 0 saturated carbocycles. The van der Waals surface area contributed by atoms with Gasteiger partial charge in [-0.15, -0.1) is 0 Å². The van der Waals surface area contributed by atoms with Gasteiger partial charge >= 0.3 is 6.18 Å². The highest BCUT2D eigenvalue weighted by atomic mass is 19.4. The van der Waals surface area contributed by atoms with Gasteiger partial charge in [0.25, 0.3) is 0 Å². The fourth-order valence-corrected chi connectivity index (χ4v) is 2.11. The Balaban J connectivity index is 2.68. The summed E-state index contributed by atoms with van der Waals surface area (Å²) in [6, 6.07) is 5.28. The van der Waals surface area contributed by atoms with E-state index in [1.165, 1.54) is 18.2 Å². The number of para-hydroxylation sites is 1. The first-order valence-electron chi connectivity index (χ1n) is 6.85. The monoisotopic (exact) mass is 305 g/mol. The van der Waals surface area contributed by atoms with Gasteiger partial charge in [0.1, 0.15) is 5.75 Å². The van der Waals surface area contributed by atoms with Crippen molar-refractivity contribution < 1.29 is 23.0 Å². The highest BCUT2D eigenvalue weighted by Gasteiger charge is 2.34. The Hall–Kier alpha value is -1.27. The molecule has 0 aromatic heterocycles. The SMILES string of the molecule is CC(C)NC(C)(CO)CCOc1ccccc1C(F)(F)F. The number of nitrogens with one attached hydrogen (secondary N) is 1. The quantitative estimate of drug-likeness (QED) is 0.812. The van der Waals surface area contributed by atoms with Crippen molar-refractivity contribution in [3.63, 3.8) is 0 Å². The van der Waals surface area contributed by atoms with E-state index >= 15 is 0 Å². The molecule has 120 valence electrons. The van der Waals surface area contributed by atoms with E-state index in [-0.39, 0.29) is 25.0 Å². The molecule has 0 aliphatic heterocycles. The van der Waals surface area contributed by atoms with Crippen LogP contribution in [0.15, 0.2) is 24.3 Å². The molecule has 0 saturated heterocycles. The number of aliphatic hydroxyl groups excluding tert-OH is 1. The normalized spacial score (nSPS) is 15.0. The molecule has 0 spiro atoms. The average molecular weight is 305 g/mol. The number of hydrogen-bond acceptors (Lipinski definition) is 3. The van der Waals surface area contributed by atoms with E-state index in [9.17, 15) is 18.3 Å². The van der Waals surface area contributed by atoms with Crippen molar-refractivity contribution in [3.05, 3.63) is 29.8 Å². The Kier molecular flexibility index (Phi) is 6.04. The second-order valence-corrected chi connectivity index (χ2v) is 5.61. The predicted octanol–water partition coefficient (Wildman–Crippen LogP) is 3.22. The summed E-state index contributed by atoms with van der Waals surface area (Å²) >= 11 is 0. The molecule has 0 radical (unpaired) electrons. The van der Waals surface area contributed by atoms with Gasteiger partial charge in [-0.2, -0.15) is 13.2 Å². The molecule has 2 N–H and O–H groups in total. The minimum Gasteiger partial charge on any atom is -0.493 e. The maximum atomic E-state index is 12.8. The highest BCUT2D eigenvalue weighted by Crippen LogP contribution is 2.36. The van der Waals surface area contributed by atoms with Crippen LogP contribution in [0.3, 0.4) is 0 Å². The maximum Gasteiger partial charge on any atom is 0.419 e. The number of aliphatic hydroxyl groups is 1. The lowest BCUT2D eigenvalue weighted by Gasteiger charge is -2.31. The summed E-state index contributed by atoms with van der Waals surface area (Å²) in [6.07, 6.45) is -4.04. The van der Waals surface area contributed by atoms with Gasteiger partial charge in [0.2, 0.25) is 0 Å². The van der Waals surface area contributed by atoms with Crippen LogP contribution in [0.1, 0.15) is 32.8 Å². The Labute approximate surface area is 123 Å². The molecular weight excluding hydrogens is 283 g/mol. The maximum absolute atomic E-state index is 12.8. The average Bonchev–Trinajstić information content (AvgIpc) is 2.37. The van der Waals surface area contributed by atoms with Gasteiger partial charge in [-0.3, -0.25) is 0 Å². The van der Waals surface area contributed by atoms with Crippen LogP contribution < -0.4 is 10.1 Å². The zero-order chi connectivity index (χ0) is 16.1. The minimum atomic E-state index is -4.44. The lowest BCUT2D eigenvalue weighted by atomic mass is 9.98. The Morgan fingerprint density at radius 3 is 2.38 bits per heavy atom. The summed E-state index contributed by atoms with van der Waals surface area (Å²) in [5.74, 6) is -0.185. The van der Waals surface area contributed by atoms with E-state index < -0.39 is 17.3 Å². The van der Waals surface area contributed by atoms with Crippen molar-refractivity contribution in [2.45, 2.75) is 44.9 Å². The van der Waals surface area contributed by atoms with Crippen molar-refractivity contribution >= 4 is 0 Å². The number of alkyl halides is 3. The summed E-state index contributed by atoms with van der Waals surface area (Å²) in [6.45, 7) is 5.66. The van der Waals surface area contributed by atoms with Crippen LogP contribution >= 0.6 is 0 Å². The summed E-state index contributed by atoms with van der Waals surface area (Å²) in [5.41, 5.74) is -1.37. The van der Waals surface area contributed by atoms with Gasteiger partial charge in [-0.1, -0.05) is 26.0 Å². The molecule has 0 amide bonds. The summed E-state index contributed by atoms with van der Waals surface area (Å²) < 4.78 is 43.7. The third-order valence-electron chi connectivity index (χ3n) is 3.09. The molecule has 1 rings (SSSR count). The number of halogens is 3. The molecule has 6 heteroatoms. The van der Waals surface area contributed by atoms with Gasteiger partial charge in [-0.05, 0) is 19.1 Å². The molecule has 0 aliphatic rings. The van der Waals surface area contributed by atoms with Crippen molar-refractivity contribution in [1.29, 1.82) is 0 Å². The van der Waals surface area contributed by atoms with Crippen LogP contribution in [0.2, 0.25) is 0 Å². The lowest BCUT2D eigenvalue weighted by Crippen LogP contribution is -2.50. The fourth-order valence-electron chi connectivity index (χ4n) is 2.11. The Morgan fingerprint density at radius 2 is 1.86 bits per heavy atom. The molecule has 1 aromatic rings. The van der Waals surface area contributed by atoms with Crippen LogP contribution in [0.25, 0.3) is 0 Å². The molecule has 0 aliphatic carbocycles. The number of benzene rings is 1. The molecule has 1 unspecified atom stereocenters. The van der Waals surface area contributed by atoms with Crippen LogP contribution in [0.5, 0.6) is 5.75 Å². The van der Waals surface area contributed by atoms with E-state index in [4.69, 9.17) is 4.74 Å². The van der Waals surface area contributed by atoms with E-state index in [0.717, 1.165) is 6.07 Å². The zero-order valence-electron chi connectivity index (χ0n) is 12.5. The van der Waals surface area contributed by atoms with Crippen LogP contribution in [0, 0.1) is 0 Å². The number of hydrogen-bond donors (Lipinski definition) is 2. The second-order valence-electron chi connectivity index (χ2n) is 5.61. The molecular formula is C15H22F3NO2. The van der Waals surface area contributed by atoms with Crippen LogP contribution in [0.4, 0.5) is 13.2 Å². The fraction of sp³-hybridized carbons (Fsp3) is 0.600. The zero-order valence-corrected chi connectivity index (χ0v) is 12.5. The molecule has 0 heterocycles. The molecule has 21 heavy (non-hydrogen) atoms.